The van der Waals surface area contributed by atoms with Crippen molar-refractivity contribution in [3.05, 3.63) is 0 Å². The van der Waals surface area contributed by atoms with Crippen LogP contribution >= 0.6 is 0 Å². The fraction of sp³-hybridized carbons (Fsp3) is 0.889. The van der Waals surface area contributed by atoms with Gasteiger partial charge in [-0.15, -0.1) is 0 Å². The van der Waals surface area contributed by atoms with Crippen molar-refractivity contribution in [2.45, 2.75) is 38.3 Å². The largest absolute Gasteiger partial charge is 0.393 e. The molecule has 1 heterocycles. The third-order valence-electron chi connectivity index (χ3n) is 3.19. The predicted molar refractivity (Wildman–Crippen MR) is 44.5 cm³/mol. The molecule has 0 unspecified atom stereocenters. The van der Waals surface area contributed by atoms with Gasteiger partial charge >= 0.3 is 0 Å². The van der Waals surface area contributed by atoms with E-state index in [2.05, 4.69) is 0 Å². The molecule has 2 rings (SSSR count). The number of aliphatic hydroxyl groups excluding tert-OH is 1. The number of fused-ring (bicyclic) bond motifs is 2. The quantitative estimate of drug-likeness (QED) is 0.569. The Kier molecular flexibility index (Phi) is 1.83. The van der Waals surface area contributed by atoms with Gasteiger partial charge in [-0.1, -0.05) is 0 Å². The molecular weight excluding hydrogens is 154 g/mol. The van der Waals surface area contributed by atoms with Crippen LogP contribution in [-0.2, 0) is 4.79 Å². The molecule has 1 saturated heterocycles. The van der Waals surface area contributed by atoms with Crippen molar-refractivity contribution in [1.82, 2.24) is 4.90 Å². The lowest BCUT2D eigenvalue weighted by Gasteiger charge is -2.24. The van der Waals surface area contributed by atoms with Crippen LogP contribution in [0.15, 0.2) is 0 Å². The van der Waals surface area contributed by atoms with Gasteiger partial charge in [0.15, 0.2) is 0 Å². The maximum atomic E-state index is 11.1. The number of aliphatic hydroxyl groups is 1. The van der Waals surface area contributed by atoms with E-state index in [1.165, 1.54) is 0 Å². The fourth-order valence-electron chi connectivity index (χ4n) is 2.49. The molecule has 12 heavy (non-hydrogen) atoms. The molecule has 0 aromatic carbocycles. The molecule has 3 atom stereocenters. The summed E-state index contributed by atoms with van der Waals surface area (Å²) in [4.78, 5) is 13.1. The summed E-state index contributed by atoms with van der Waals surface area (Å²) in [5.74, 6) is 0.518. The Hall–Kier alpha value is -0.570. The van der Waals surface area contributed by atoms with Gasteiger partial charge in [0.05, 0.1) is 6.10 Å². The van der Waals surface area contributed by atoms with Crippen molar-refractivity contribution in [3.63, 3.8) is 0 Å². The van der Waals surface area contributed by atoms with Crippen molar-refractivity contribution in [2.24, 2.45) is 5.92 Å². The molecule has 1 saturated carbocycles. The molecule has 2 fully saturated rings. The predicted octanol–water partition coefficient (Wildman–Crippen LogP) is 0.378. The first kappa shape index (κ1) is 8.05. The summed E-state index contributed by atoms with van der Waals surface area (Å²) in [6.45, 7) is 2.40. The smallest absolute Gasteiger partial charge is 0.219 e. The van der Waals surface area contributed by atoms with Gasteiger partial charge < -0.3 is 10.0 Å². The molecule has 3 heteroatoms. The lowest BCUT2D eigenvalue weighted by Crippen LogP contribution is -2.33. The van der Waals surface area contributed by atoms with Crippen LogP contribution in [0.5, 0.6) is 0 Å². The summed E-state index contributed by atoms with van der Waals surface area (Å²) in [5.41, 5.74) is 0. The van der Waals surface area contributed by atoms with Gasteiger partial charge in [-0.3, -0.25) is 4.79 Å². The Labute approximate surface area is 72.4 Å². The van der Waals surface area contributed by atoms with Crippen molar-refractivity contribution in [1.29, 1.82) is 0 Å². The number of carbonyl (C=O) groups is 1. The molecule has 0 aromatic rings. The van der Waals surface area contributed by atoms with E-state index in [0.29, 0.717) is 12.0 Å². The second kappa shape index (κ2) is 2.73. The SMILES string of the molecule is CC(=O)N1C[C@H]2C[C@H]1CC[C@@H]2O. The van der Waals surface area contributed by atoms with Crippen LogP contribution in [-0.4, -0.2) is 34.6 Å². The van der Waals surface area contributed by atoms with Crippen LogP contribution < -0.4 is 0 Å². The van der Waals surface area contributed by atoms with Crippen molar-refractivity contribution in [3.8, 4) is 0 Å². The number of rotatable bonds is 0. The standard InChI is InChI=1S/C9H15NO2/c1-6(11)10-5-7-4-8(10)2-3-9(7)12/h7-9,12H,2-5H2,1H3/t7-,8-,9+/m1/s1. The van der Waals surface area contributed by atoms with Crippen LogP contribution in [0.4, 0.5) is 0 Å². The highest BCUT2D eigenvalue weighted by Gasteiger charge is 2.40. The highest BCUT2D eigenvalue weighted by atomic mass is 16.3. The highest BCUT2D eigenvalue weighted by Crippen LogP contribution is 2.35. The molecule has 3 nitrogen and oxygen atoms in total. The highest BCUT2D eigenvalue weighted by molar-refractivity contribution is 5.74. The third kappa shape index (κ3) is 1.12. The second-order valence-corrected chi connectivity index (χ2v) is 3.97. The molecule has 1 N–H and O–H groups in total. The molecule has 0 spiro atoms. The van der Waals surface area contributed by atoms with E-state index < -0.39 is 0 Å². The first-order chi connectivity index (χ1) is 5.68. The summed E-state index contributed by atoms with van der Waals surface area (Å²) >= 11 is 0. The molecule has 0 aromatic heterocycles. The number of nitrogens with zero attached hydrogens (tertiary/aromatic N) is 1. The molecule has 2 aliphatic rings. The molecule has 1 aliphatic carbocycles. The Bertz CT molecular complexity index is 205. The lowest BCUT2D eigenvalue weighted by atomic mass is 9.88. The van der Waals surface area contributed by atoms with Gasteiger partial charge in [0.2, 0.25) is 5.91 Å². The van der Waals surface area contributed by atoms with Crippen molar-refractivity contribution in [2.75, 3.05) is 6.54 Å². The van der Waals surface area contributed by atoms with Crippen molar-refractivity contribution < 1.29 is 9.90 Å². The molecular formula is C9H15NO2. The van der Waals surface area contributed by atoms with Crippen LogP contribution in [0.2, 0.25) is 0 Å². The van der Waals surface area contributed by atoms with E-state index in [1.54, 1.807) is 6.92 Å². The summed E-state index contributed by atoms with van der Waals surface area (Å²) in [7, 11) is 0. The normalized spacial score (nSPS) is 40.2. The number of hydrogen-bond acceptors (Lipinski definition) is 2. The molecule has 1 amide bonds. The third-order valence-corrected chi connectivity index (χ3v) is 3.19. The molecule has 1 aliphatic heterocycles. The number of amides is 1. The molecule has 68 valence electrons. The first-order valence-electron chi connectivity index (χ1n) is 4.63. The Morgan fingerprint density at radius 1 is 1.50 bits per heavy atom. The number of carbonyl (C=O) groups excluding carboxylic acids is 1. The van der Waals surface area contributed by atoms with E-state index >= 15 is 0 Å². The number of hydrogen-bond donors (Lipinski definition) is 1. The van der Waals surface area contributed by atoms with Crippen molar-refractivity contribution >= 4 is 5.91 Å². The Morgan fingerprint density at radius 2 is 2.25 bits per heavy atom. The van der Waals surface area contributed by atoms with Gasteiger partial charge in [-0.05, 0) is 19.3 Å². The fourth-order valence-corrected chi connectivity index (χ4v) is 2.49. The molecule has 2 bridgehead atoms. The monoisotopic (exact) mass is 169 g/mol. The van der Waals surface area contributed by atoms with E-state index in [0.717, 1.165) is 25.8 Å². The zero-order valence-electron chi connectivity index (χ0n) is 7.36. The summed E-state index contributed by atoms with van der Waals surface area (Å²) in [6.07, 6.45) is 2.71. The van der Waals surface area contributed by atoms with E-state index in [1.807, 2.05) is 4.90 Å². The van der Waals surface area contributed by atoms with E-state index in [4.69, 9.17) is 0 Å². The van der Waals surface area contributed by atoms with Gasteiger partial charge in [0.1, 0.15) is 0 Å². The maximum Gasteiger partial charge on any atom is 0.219 e. The van der Waals surface area contributed by atoms with Crippen LogP contribution in [0, 0.1) is 5.92 Å². The minimum atomic E-state index is -0.161. The zero-order chi connectivity index (χ0) is 8.72. The molecule has 0 radical (unpaired) electrons. The summed E-state index contributed by atoms with van der Waals surface area (Å²) < 4.78 is 0. The minimum absolute atomic E-state index is 0.161. The first-order valence-corrected chi connectivity index (χ1v) is 4.63. The summed E-state index contributed by atoms with van der Waals surface area (Å²) in [6, 6.07) is 0.427. The number of likely N-dealkylation sites (tertiary alicyclic amines) is 1. The van der Waals surface area contributed by atoms with Gasteiger partial charge in [0.25, 0.3) is 0 Å². The average molecular weight is 169 g/mol. The topological polar surface area (TPSA) is 40.5 Å². The van der Waals surface area contributed by atoms with Crippen LogP contribution in [0.3, 0.4) is 0 Å². The maximum absolute atomic E-state index is 11.1. The lowest BCUT2D eigenvalue weighted by molar-refractivity contribution is -0.129. The second-order valence-electron chi connectivity index (χ2n) is 3.97. The Balaban J connectivity index is 2.10. The van der Waals surface area contributed by atoms with Crippen LogP contribution in [0.25, 0.3) is 0 Å². The summed E-state index contributed by atoms with van der Waals surface area (Å²) in [5, 5.41) is 9.56. The van der Waals surface area contributed by atoms with Crippen LogP contribution in [0.1, 0.15) is 26.2 Å². The van der Waals surface area contributed by atoms with Gasteiger partial charge in [-0.2, -0.15) is 0 Å². The minimum Gasteiger partial charge on any atom is -0.393 e. The van der Waals surface area contributed by atoms with Gasteiger partial charge in [-0.25, -0.2) is 0 Å². The zero-order valence-corrected chi connectivity index (χ0v) is 7.36. The van der Waals surface area contributed by atoms with E-state index in [-0.39, 0.29) is 12.0 Å². The van der Waals surface area contributed by atoms with E-state index in [9.17, 15) is 9.90 Å². The van der Waals surface area contributed by atoms with Gasteiger partial charge in [0, 0.05) is 25.4 Å². The Morgan fingerprint density at radius 3 is 2.83 bits per heavy atom. The average Bonchev–Trinajstić information content (AvgIpc) is 2.37.